The number of fused-ring (bicyclic) bond motifs is 1. The van der Waals surface area contributed by atoms with E-state index in [2.05, 4.69) is 17.1 Å². The number of anilines is 1. The van der Waals surface area contributed by atoms with Gasteiger partial charge in [0.25, 0.3) is 0 Å². The molecule has 1 aliphatic rings. The quantitative estimate of drug-likeness (QED) is 0.742. The van der Waals surface area contributed by atoms with Crippen LogP contribution >= 0.6 is 12.4 Å². The normalized spacial score (nSPS) is 14.5. The molecule has 1 aliphatic heterocycles. The molecule has 0 aliphatic carbocycles. The maximum Gasteiger partial charge on any atom is 0.208 e. The van der Waals surface area contributed by atoms with Crippen molar-refractivity contribution in [3.05, 3.63) is 30.5 Å². The highest BCUT2D eigenvalue weighted by atomic mass is 35.5. The van der Waals surface area contributed by atoms with Crippen LogP contribution in [0.1, 0.15) is 0 Å². The molecule has 3 rings (SSSR count). The SMILES string of the molecule is C1=NCCN1c1occ2ccccc12.Cl. The van der Waals surface area contributed by atoms with Crippen molar-refractivity contribution in [1.82, 2.24) is 0 Å². The monoisotopic (exact) mass is 222 g/mol. The Morgan fingerprint density at radius 2 is 2.13 bits per heavy atom. The third-order valence-electron chi connectivity index (χ3n) is 2.44. The second kappa shape index (κ2) is 3.95. The minimum absolute atomic E-state index is 0. The minimum Gasteiger partial charge on any atom is -0.447 e. The summed E-state index contributed by atoms with van der Waals surface area (Å²) in [5.74, 6) is 0.904. The van der Waals surface area contributed by atoms with Crippen LogP contribution in [-0.2, 0) is 0 Å². The maximum atomic E-state index is 5.53. The number of furan rings is 1. The van der Waals surface area contributed by atoms with Gasteiger partial charge in [0.05, 0.1) is 12.9 Å². The second-order valence-corrected chi connectivity index (χ2v) is 3.34. The van der Waals surface area contributed by atoms with Gasteiger partial charge in [-0.1, -0.05) is 18.2 Å². The van der Waals surface area contributed by atoms with Crippen molar-refractivity contribution in [3.63, 3.8) is 0 Å². The average Bonchev–Trinajstić information content (AvgIpc) is 2.85. The van der Waals surface area contributed by atoms with Gasteiger partial charge in [0, 0.05) is 17.3 Å². The summed E-state index contributed by atoms with van der Waals surface area (Å²) in [6, 6.07) is 8.16. The predicted molar refractivity (Wildman–Crippen MR) is 64.2 cm³/mol. The van der Waals surface area contributed by atoms with Gasteiger partial charge in [0.2, 0.25) is 5.88 Å². The number of benzene rings is 1. The molecule has 0 saturated heterocycles. The standard InChI is InChI=1S/C11H10N2O.ClH/c1-2-4-10-9(3-1)7-14-11(10)13-6-5-12-8-13;/h1-4,7-8H,5-6H2;1H. The van der Waals surface area contributed by atoms with Crippen LogP contribution < -0.4 is 4.90 Å². The first-order valence-electron chi connectivity index (χ1n) is 4.68. The summed E-state index contributed by atoms with van der Waals surface area (Å²) in [5, 5.41) is 2.30. The summed E-state index contributed by atoms with van der Waals surface area (Å²) in [5.41, 5.74) is 0. The van der Waals surface area contributed by atoms with E-state index < -0.39 is 0 Å². The van der Waals surface area contributed by atoms with E-state index in [9.17, 15) is 0 Å². The molecule has 4 heteroatoms. The summed E-state index contributed by atoms with van der Waals surface area (Å²) < 4.78 is 5.53. The lowest BCUT2D eigenvalue weighted by Crippen LogP contribution is -2.17. The highest BCUT2D eigenvalue weighted by Gasteiger charge is 2.14. The van der Waals surface area contributed by atoms with Crippen LogP contribution in [0.25, 0.3) is 10.8 Å². The molecular formula is C11H11ClN2O. The van der Waals surface area contributed by atoms with E-state index in [0.717, 1.165) is 29.7 Å². The van der Waals surface area contributed by atoms with Crippen molar-refractivity contribution in [2.75, 3.05) is 18.0 Å². The fourth-order valence-corrected chi connectivity index (χ4v) is 1.73. The molecule has 0 amide bonds. The van der Waals surface area contributed by atoms with E-state index in [1.54, 1.807) is 6.26 Å². The van der Waals surface area contributed by atoms with Crippen molar-refractivity contribution in [2.24, 2.45) is 4.99 Å². The fraction of sp³-hybridized carbons (Fsp3) is 0.182. The van der Waals surface area contributed by atoms with Crippen LogP contribution in [0.4, 0.5) is 5.88 Å². The smallest absolute Gasteiger partial charge is 0.208 e. The largest absolute Gasteiger partial charge is 0.447 e. The summed E-state index contributed by atoms with van der Waals surface area (Å²) >= 11 is 0. The summed E-state index contributed by atoms with van der Waals surface area (Å²) in [4.78, 5) is 6.21. The zero-order valence-electron chi connectivity index (χ0n) is 8.09. The Balaban J connectivity index is 0.000000853. The molecule has 0 saturated carbocycles. The van der Waals surface area contributed by atoms with Crippen molar-refractivity contribution in [2.45, 2.75) is 0 Å². The van der Waals surface area contributed by atoms with E-state index in [-0.39, 0.29) is 12.4 Å². The molecule has 2 aromatic rings. The Hall–Kier alpha value is -1.48. The van der Waals surface area contributed by atoms with E-state index in [1.807, 2.05) is 23.4 Å². The molecule has 0 radical (unpaired) electrons. The molecule has 0 bridgehead atoms. The van der Waals surface area contributed by atoms with Crippen molar-refractivity contribution in [3.8, 4) is 0 Å². The topological polar surface area (TPSA) is 28.7 Å². The van der Waals surface area contributed by atoms with Crippen molar-refractivity contribution < 1.29 is 4.42 Å². The summed E-state index contributed by atoms with van der Waals surface area (Å²) in [6.45, 7) is 1.77. The molecular weight excluding hydrogens is 212 g/mol. The van der Waals surface area contributed by atoms with Gasteiger partial charge in [-0.25, -0.2) is 0 Å². The van der Waals surface area contributed by atoms with E-state index >= 15 is 0 Å². The molecule has 1 aromatic heterocycles. The average molecular weight is 223 g/mol. The van der Waals surface area contributed by atoms with Crippen LogP contribution in [0.2, 0.25) is 0 Å². The van der Waals surface area contributed by atoms with Gasteiger partial charge in [-0.05, 0) is 6.07 Å². The molecule has 2 heterocycles. The fourth-order valence-electron chi connectivity index (χ4n) is 1.73. The minimum atomic E-state index is 0. The van der Waals surface area contributed by atoms with Crippen LogP contribution in [0.3, 0.4) is 0 Å². The second-order valence-electron chi connectivity index (χ2n) is 3.34. The number of hydrogen-bond acceptors (Lipinski definition) is 3. The molecule has 0 fully saturated rings. The molecule has 0 spiro atoms. The molecule has 1 aromatic carbocycles. The lowest BCUT2D eigenvalue weighted by Gasteiger charge is -2.09. The van der Waals surface area contributed by atoms with Gasteiger partial charge in [-0.2, -0.15) is 0 Å². The van der Waals surface area contributed by atoms with Crippen LogP contribution in [0.15, 0.2) is 39.9 Å². The Morgan fingerprint density at radius 3 is 2.93 bits per heavy atom. The highest BCUT2D eigenvalue weighted by Crippen LogP contribution is 2.28. The van der Waals surface area contributed by atoms with Gasteiger partial charge in [-0.3, -0.25) is 4.99 Å². The number of halogens is 1. The Kier molecular flexibility index (Phi) is 2.64. The molecule has 3 nitrogen and oxygen atoms in total. The first-order valence-corrected chi connectivity index (χ1v) is 4.68. The first-order chi connectivity index (χ1) is 6.95. The number of hydrogen-bond donors (Lipinski definition) is 0. The van der Waals surface area contributed by atoms with Gasteiger partial charge in [0.1, 0.15) is 6.26 Å². The number of rotatable bonds is 1. The van der Waals surface area contributed by atoms with E-state index in [1.165, 1.54) is 0 Å². The Labute approximate surface area is 93.8 Å². The van der Waals surface area contributed by atoms with Gasteiger partial charge >= 0.3 is 0 Å². The third kappa shape index (κ3) is 1.59. The first kappa shape index (κ1) is 10.1. The Morgan fingerprint density at radius 1 is 1.27 bits per heavy atom. The van der Waals surface area contributed by atoms with Crippen LogP contribution in [0.5, 0.6) is 0 Å². The molecule has 0 unspecified atom stereocenters. The van der Waals surface area contributed by atoms with Gasteiger partial charge in [0.15, 0.2) is 0 Å². The third-order valence-corrected chi connectivity index (χ3v) is 2.44. The highest BCUT2D eigenvalue weighted by molar-refractivity contribution is 5.97. The van der Waals surface area contributed by atoms with Crippen LogP contribution in [0, 0.1) is 0 Å². The molecule has 0 atom stereocenters. The zero-order valence-corrected chi connectivity index (χ0v) is 8.91. The van der Waals surface area contributed by atoms with Gasteiger partial charge in [-0.15, -0.1) is 12.4 Å². The molecule has 15 heavy (non-hydrogen) atoms. The summed E-state index contributed by atoms with van der Waals surface area (Å²) in [7, 11) is 0. The van der Waals surface area contributed by atoms with Gasteiger partial charge < -0.3 is 9.32 Å². The van der Waals surface area contributed by atoms with Crippen molar-refractivity contribution >= 4 is 35.4 Å². The van der Waals surface area contributed by atoms with E-state index in [0.29, 0.717) is 0 Å². The number of aliphatic imine (C=N–C) groups is 1. The van der Waals surface area contributed by atoms with Crippen molar-refractivity contribution in [1.29, 1.82) is 0 Å². The zero-order chi connectivity index (χ0) is 9.38. The number of nitrogens with zero attached hydrogens (tertiary/aromatic N) is 2. The lowest BCUT2D eigenvalue weighted by molar-refractivity contribution is 0.574. The van der Waals surface area contributed by atoms with Crippen LogP contribution in [-0.4, -0.2) is 19.4 Å². The molecule has 78 valence electrons. The molecule has 0 N–H and O–H groups in total. The Bertz CT molecular complexity index is 492. The van der Waals surface area contributed by atoms with E-state index in [4.69, 9.17) is 4.42 Å². The predicted octanol–water partition coefficient (Wildman–Crippen LogP) is 2.70. The lowest BCUT2D eigenvalue weighted by atomic mass is 10.2. The maximum absolute atomic E-state index is 5.53. The summed E-state index contributed by atoms with van der Waals surface area (Å²) in [6.07, 6.45) is 3.63.